The van der Waals surface area contributed by atoms with Crippen molar-refractivity contribution < 1.29 is 9.21 Å². The van der Waals surface area contributed by atoms with Crippen LogP contribution in [0.3, 0.4) is 0 Å². The molecule has 2 amide bonds. The van der Waals surface area contributed by atoms with E-state index in [1.54, 1.807) is 0 Å². The molecule has 1 aromatic heterocycles. The molecule has 29 heavy (non-hydrogen) atoms. The summed E-state index contributed by atoms with van der Waals surface area (Å²) in [7, 11) is 0. The van der Waals surface area contributed by atoms with Gasteiger partial charge < -0.3 is 20.0 Å². The normalized spacial score (nSPS) is 22.5. The second kappa shape index (κ2) is 7.49. The Hall–Kier alpha value is -1.76. The molecule has 1 spiro atoms. The SMILES string of the molecule is CCN1CCN(Cc2cc3cc(Cl)c4c(c3o2)C2(CCCCC2)NC(=O)N4)CC1. The molecule has 156 valence electrons. The summed E-state index contributed by atoms with van der Waals surface area (Å²) in [5, 5.41) is 7.78. The van der Waals surface area contributed by atoms with Crippen molar-refractivity contribution in [3.63, 3.8) is 0 Å². The molecule has 0 atom stereocenters. The van der Waals surface area contributed by atoms with Gasteiger partial charge in [-0.25, -0.2) is 4.79 Å². The summed E-state index contributed by atoms with van der Waals surface area (Å²) in [6.07, 6.45) is 5.26. The van der Waals surface area contributed by atoms with Gasteiger partial charge in [-0.3, -0.25) is 4.90 Å². The van der Waals surface area contributed by atoms with E-state index in [2.05, 4.69) is 33.4 Å². The lowest BCUT2D eigenvalue weighted by atomic mass is 9.74. The second-order valence-corrected chi connectivity index (χ2v) is 9.08. The molecule has 1 saturated carbocycles. The minimum Gasteiger partial charge on any atom is -0.459 e. The Kier molecular flexibility index (Phi) is 4.96. The molecule has 7 heteroatoms. The number of amides is 2. The third-order valence-corrected chi connectivity index (χ3v) is 7.18. The number of halogens is 1. The number of carbonyl (C=O) groups is 1. The van der Waals surface area contributed by atoms with Crippen LogP contribution in [-0.4, -0.2) is 48.6 Å². The fourth-order valence-electron chi connectivity index (χ4n) is 5.30. The van der Waals surface area contributed by atoms with Gasteiger partial charge in [0.2, 0.25) is 0 Å². The van der Waals surface area contributed by atoms with E-state index in [0.717, 1.165) is 92.9 Å². The molecule has 1 aliphatic carbocycles. The number of carbonyl (C=O) groups excluding carboxylic acids is 1. The Labute approximate surface area is 176 Å². The topological polar surface area (TPSA) is 60.8 Å². The van der Waals surface area contributed by atoms with Crippen LogP contribution in [0.4, 0.5) is 10.5 Å². The number of fused-ring (bicyclic) bond motifs is 4. The molecule has 2 aromatic rings. The maximum absolute atomic E-state index is 12.4. The molecule has 6 nitrogen and oxygen atoms in total. The number of piperazine rings is 1. The number of nitrogens with one attached hydrogen (secondary N) is 2. The van der Waals surface area contributed by atoms with Crippen LogP contribution in [0.25, 0.3) is 11.0 Å². The maximum atomic E-state index is 12.4. The smallest absolute Gasteiger partial charge is 0.319 e. The highest BCUT2D eigenvalue weighted by molar-refractivity contribution is 6.35. The predicted octanol–water partition coefficient (Wildman–Crippen LogP) is 4.52. The molecule has 1 saturated heterocycles. The third kappa shape index (κ3) is 3.41. The van der Waals surface area contributed by atoms with Crippen molar-refractivity contribution >= 4 is 34.3 Å². The van der Waals surface area contributed by atoms with Gasteiger partial charge in [-0.15, -0.1) is 0 Å². The van der Waals surface area contributed by atoms with Crippen molar-refractivity contribution in [3.05, 3.63) is 28.5 Å². The average molecular weight is 417 g/mol. The number of hydrogen-bond acceptors (Lipinski definition) is 4. The van der Waals surface area contributed by atoms with E-state index < -0.39 is 0 Å². The summed E-state index contributed by atoms with van der Waals surface area (Å²) in [6, 6.07) is 3.89. The van der Waals surface area contributed by atoms with Crippen molar-refractivity contribution in [2.75, 3.05) is 38.0 Å². The van der Waals surface area contributed by atoms with Crippen LogP contribution in [0.15, 0.2) is 16.5 Å². The standard InChI is InChI=1S/C22H29ClN4O2/c1-2-26-8-10-27(11-9-26)14-16-12-15-13-17(23)19-18(20(15)29-16)22(25-21(28)24-19)6-4-3-5-7-22/h12-13H,2-11,14H2,1H3,(H2,24,25,28). The third-order valence-electron chi connectivity index (χ3n) is 6.88. The van der Waals surface area contributed by atoms with Gasteiger partial charge >= 0.3 is 6.03 Å². The number of furan rings is 1. The van der Waals surface area contributed by atoms with Gasteiger partial charge in [-0.1, -0.05) is 37.8 Å². The van der Waals surface area contributed by atoms with Crippen molar-refractivity contribution in [3.8, 4) is 0 Å². The van der Waals surface area contributed by atoms with Crippen LogP contribution >= 0.6 is 11.6 Å². The molecule has 0 bridgehead atoms. The molecule has 5 rings (SSSR count). The first kappa shape index (κ1) is 19.2. The Balaban J connectivity index is 1.52. The van der Waals surface area contributed by atoms with Gasteiger partial charge in [0.25, 0.3) is 0 Å². The van der Waals surface area contributed by atoms with Crippen LogP contribution in [0.1, 0.15) is 50.4 Å². The zero-order valence-corrected chi connectivity index (χ0v) is 17.8. The van der Waals surface area contributed by atoms with Crippen molar-refractivity contribution in [2.45, 2.75) is 51.1 Å². The van der Waals surface area contributed by atoms with Gasteiger partial charge in [0.1, 0.15) is 11.3 Å². The summed E-state index contributed by atoms with van der Waals surface area (Å²) >= 11 is 6.62. The molecule has 2 aliphatic heterocycles. The molecule has 0 radical (unpaired) electrons. The summed E-state index contributed by atoms with van der Waals surface area (Å²) < 4.78 is 6.43. The van der Waals surface area contributed by atoms with E-state index in [1.807, 2.05) is 6.07 Å². The summed E-state index contributed by atoms with van der Waals surface area (Å²) in [6.45, 7) is 8.48. The van der Waals surface area contributed by atoms with E-state index in [-0.39, 0.29) is 11.6 Å². The Morgan fingerprint density at radius 2 is 1.83 bits per heavy atom. The van der Waals surface area contributed by atoms with Crippen LogP contribution in [0.5, 0.6) is 0 Å². The Morgan fingerprint density at radius 1 is 1.10 bits per heavy atom. The maximum Gasteiger partial charge on any atom is 0.319 e. The van der Waals surface area contributed by atoms with E-state index in [4.69, 9.17) is 16.0 Å². The summed E-state index contributed by atoms with van der Waals surface area (Å²) in [4.78, 5) is 17.3. The number of benzene rings is 1. The fraction of sp³-hybridized carbons (Fsp3) is 0.591. The number of urea groups is 1. The van der Waals surface area contributed by atoms with Crippen LogP contribution in [0.2, 0.25) is 5.02 Å². The lowest BCUT2D eigenvalue weighted by Crippen LogP contribution is -2.52. The number of nitrogens with zero attached hydrogens (tertiary/aromatic N) is 2. The molecule has 3 heterocycles. The molecule has 2 N–H and O–H groups in total. The summed E-state index contributed by atoms with van der Waals surface area (Å²) in [5.74, 6) is 0.970. The first-order chi connectivity index (χ1) is 14.1. The first-order valence-electron chi connectivity index (χ1n) is 10.9. The van der Waals surface area contributed by atoms with Gasteiger partial charge in [0, 0.05) is 37.1 Å². The molecular formula is C22H29ClN4O2. The molecule has 2 fully saturated rings. The average Bonchev–Trinajstić information content (AvgIpc) is 3.10. The summed E-state index contributed by atoms with van der Waals surface area (Å²) in [5.41, 5.74) is 2.27. The fourth-order valence-corrected chi connectivity index (χ4v) is 5.56. The van der Waals surface area contributed by atoms with E-state index in [9.17, 15) is 4.79 Å². The van der Waals surface area contributed by atoms with Gasteiger partial charge in [-0.05, 0) is 31.5 Å². The minimum atomic E-state index is -0.374. The van der Waals surface area contributed by atoms with E-state index in [1.165, 1.54) is 6.42 Å². The number of anilines is 1. The Morgan fingerprint density at radius 3 is 2.55 bits per heavy atom. The monoisotopic (exact) mass is 416 g/mol. The first-order valence-corrected chi connectivity index (χ1v) is 11.2. The van der Waals surface area contributed by atoms with Crippen molar-refractivity contribution in [2.24, 2.45) is 0 Å². The van der Waals surface area contributed by atoms with Crippen molar-refractivity contribution in [1.29, 1.82) is 0 Å². The molecular weight excluding hydrogens is 388 g/mol. The van der Waals surface area contributed by atoms with Crippen LogP contribution in [0, 0.1) is 0 Å². The second-order valence-electron chi connectivity index (χ2n) is 8.67. The minimum absolute atomic E-state index is 0.166. The van der Waals surface area contributed by atoms with E-state index >= 15 is 0 Å². The van der Waals surface area contributed by atoms with Crippen LogP contribution in [-0.2, 0) is 12.1 Å². The molecule has 3 aliphatic rings. The van der Waals surface area contributed by atoms with Gasteiger partial charge in [-0.2, -0.15) is 0 Å². The molecule has 1 aromatic carbocycles. The lowest BCUT2D eigenvalue weighted by molar-refractivity contribution is 0.126. The zero-order chi connectivity index (χ0) is 20.0. The number of hydrogen-bond donors (Lipinski definition) is 2. The highest BCUT2D eigenvalue weighted by Crippen LogP contribution is 2.49. The lowest BCUT2D eigenvalue weighted by Gasteiger charge is -2.42. The predicted molar refractivity (Wildman–Crippen MR) is 116 cm³/mol. The van der Waals surface area contributed by atoms with E-state index in [0.29, 0.717) is 5.02 Å². The van der Waals surface area contributed by atoms with Crippen molar-refractivity contribution in [1.82, 2.24) is 15.1 Å². The Bertz CT molecular complexity index is 927. The highest BCUT2D eigenvalue weighted by Gasteiger charge is 2.43. The molecule has 0 unspecified atom stereocenters. The quantitative estimate of drug-likeness (QED) is 0.772. The number of rotatable bonds is 3. The van der Waals surface area contributed by atoms with Gasteiger partial charge in [0.15, 0.2) is 0 Å². The highest BCUT2D eigenvalue weighted by atomic mass is 35.5. The number of likely N-dealkylation sites (N-methyl/N-ethyl adjacent to an activating group) is 1. The van der Waals surface area contributed by atoms with Crippen LogP contribution < -0.4 is 10.6 Å². The zero-order valence-electron chi connectivity index (χ0n) is 17.0. The van der Waals surface area contributed by atoms with Gasteiger partial charge in [0.05, 0.1) is 22.8 Å². The largest absolute Gasteiger partial charge is 0.459 e.